The number of hydrogen-bond acceptors (Lipinski definition) is 7. The van der Waals surface area contributed by atoms with E-state index in [4.69, 9.17) is 4.74 Å². The van der Waals surface area contributed by atoms with Crippen LogP contribution in [0.15, 0.2) is 35.7 Å². The number of rotatable bonds is 6. The number of aromatic nitrogens is 3. The summed E-state index contributed by atoms with van der Waals surface area (Å²) in [5, 5.41) is 0.144. The Bertz CT molecular complexity index is 886. The summed E-state index contributed by atoms with van der Waals surface area (Å²) in [4.78, 5) is 13.3. The lowest BCUT2D eigenvalue weighted by atomic mass is 10.2. The zero-order chi connectivity index (χ0) is 19.6. The molecule has 2 aromatic heterocycles. The van der Waals surface area contributed by atoms with E-state index in [9.17, 15) is 8.42 Å². The van der Waals surface area contributed by atoms with E-state index in [1.807, 2.05) is 29.0 Å². The van der Waals surface area contributed by atoms with Gasteiger partial charge in [0.2, 0.25) is 15.0 Å². The molecule has 0 bridgehead atoms. The van der Waals surface area contributed by atoms with Crippen LogP contribution in [0.3, 0.4) is 0 Å². The van der Waals surface area contributed by atoms with E-state index in [1.54, 1.807) is 6.20 Å². The molecular formula is C19H27N5O3S. The van der Waals surface area contributed by atoms with Crippen molar-refractivity contribution in [2.24, 2.45) is 0 Å². The molecule has 2 saturated heterocycles. The first-order valence-corrected chi connectivity index (χ1v) is 11.6. The van der Waals surface area contributed by atoms with Crippen molar-refractivity contribution in [3.05, 3.63) is 36.3 Å². The van der Waals surface area contributed by atoms with E-state index in [0.29, 0.717) is 13.1 Å². The first kappa shape index (κ1) is 19.4. The van der Waals surface area contributed by atoms with Gasteiger partial charge in [-0.3, -0.25) is 4.90 Å². The molecule has 4 rings (SSSR count). The highest BCUT2D eigenvalue weighted by Gasteiger charge is 2.26. The number of imidazole rings is 1. The lowest BCUT2D eigenvalue weighted by Crippen LogP contribution is -2.46. The molecule has 2 aromatic rings. The van der Waals surface area contributed by atoms with Gasteiger partial charge in [-0.05, 0) is 25.0 Å². The Balaban J connectivity index is 1.45. The van der Waals surface area contributed by atoms with Gasteiger partial charge in [-0.2, -0.15) is 0 Å². The first-order valence-electron chi connectivity index (χ1n) is 9.75. The molecule has 0 aliphatic carbocycles. The molecule has 28 heavy (non-hydrogen) atoms. The van der Waals surface area contributed by atoms with Crippen molar-refractivity contribution >= 4 is 15.7 Å². The van der Waals surface area contributed by atoms with Gasteiger partial charge in [0, 0.05) is 51.8 Å². The third-order valence-electron chi connectivity index (χ3n) is 5.37. The van der Waals surface area contributed by atoms with Crippen LogP contribution in [0.4, 0.5) is 5.82 Å². The van der Waals surface area contributed by atoms with Gasteiger partial charge < -0.3 is 14.2 Å². The Morgan fingerprint density at radius 2 is 2.00 bits per heavy atom. The van der Waals surface area contributed by atoms with Gasteiger partial charge in [-0.15, -0.1) is 0 Å². The quantitative estimate of drug-likeness (QED) is 0.714. The normalized spacial score (nSPS) is 21.3. The van der Waals surface area contributed by atoms with Crippen molar-refractivity contribution < 1.29 is 13.2 Å². The van der Waals surface area contributed by atoms with Crippen LogP contribution < -0.4 is 4.90 Å². The second kappa shape index (κ2) is 8.18. The molecule has 9 heteroatoms. The molecule has 0 unspecified atom stereocenters. The number of hydrogen-bond donors (Lipinski definition) is 0. The molecule has 0 radical (unpaired) electrons. The van der Waals surface area contributed by atoms with Crippen LogP contribution in [-0.2, 0) is 27.7 Å². The largest absolute Gasteiger partial charge is 0.376 e. The monoisotopic (exact) mass is 405 g/mol. The third kappa shape index (κ3) is 4.37. The van der Waals surface area contributed by atoms with Crippen molar-refractivity contribution in [3.63, 3.8) is 0 Å². The number of anilines is 1. The van der Waals surface area contributed by atoms with Crippen LogP contribution in [0.2, 0.25) is 0 Å². The zero-order valence-corrected chi connectivity index (χ0v) is 17.0. The van der Waals surface area contributed by atoms with Crippen LogP contribution >= 0.6 is 0 Å². The predicted molar refractivity (Wildman–Crippen MR) is 106 cm³/mol. The third-order valence-corrected chi connectivity index (χ3v) is 6.36. The highest BCUT2D eigenvalue weighted by atomic mass is 32.2. The van der Waals surface area contributed by atoms with Crippen molar-refractivity contribution in [2.75, 3.05) is 43.9 Å². The van der Waals surface area contributed by atoms with Crippen molar-refractivity contribution in [1.82, 2.24) is 19.4 Å². The van der Waals surface area contributed by atoms with Crippen molar-refractivity contribution in [1.29, 1.82) is 0 Å². The van der Waals surface area contributed by atoms with Gasteiger partial charge >= 0.3 is 0 Å². The number of nitrogens with zero attached hydrogens (tertiary/aromatic N) is 5. The molecule has 0 amide bonds. The second-order valence-corrected chi connectivity index (χ2v) is 9.41. The minimum Gasteiger partial charge on any atom is -0.376 e. The average Bonchev–Trinajstić information content (AvgIpc) is 3.34. The molecule has 1 atom stereocenters. The molecular weight excluding hydrogens is 378 g/mol. The molecule has 0 N–H and O–H groups in total. The van der Waals surface area contributed by atoms with Gasteiger partial charge in [0.1, 0.15) is 5.82 Å². The highest BCUT2D eigenvalue weighted by Crippen LogP contribution is 2.21. The number of piperazine rings is 1. The Kier molecular flexibility index (Phi) is 5.65. The summed E-state index contributed by atoms with van der Waals surface area (Å²) in [6.07, 6.45) is 6.79. The van der Waals surface area contributed by atoms with E-state index in [1.165, 1.54) is 6.26 Å². The standard InChI is InChI=1S/C19H27N5O3S/c1-28(25,26)19-21-13-16(24(19)15-17-5-4-12-27-17)14-22-8-10-23(11-9-22)18-6-2-3-7-20-18/h2-3,6-7,13,17H,4-5,8-12,14-15H2,1H3/t17-/m1/s1. The molecule has 0 spiro atoms. The Morgan fingerprint density at radius 1 is 1.18 bits per heavy atom. The van der Waals surface area contributed by atoms with E-state index in [2.05, 4.69) is 19.8 Å². The predicted octanol–water partition coefficient (Wildman–Crippen LogP) is 1.18. The van der Waals surface area contributed by atoms with Gasteiger partial charge in [0.15, 0.2) is 0 Å². The summed E-state index contributed by atoms with van der Waals surface area (Å²) in [5.74, 6) is 1.00. The number of pyridine rings is 1. The summed E-state index contributed by atoms with van der Waals surface area (Å²) in [6.45, 7) is 5.58. The summed E-state index contributed by atoms with van der Waals surface area (Å²) in [7, 11) is -3.38. The second-order valence-electron chi connectivity index (χ2n) is 7.50. The van der Waals surface area contributed by atoms with Crippen LogP contribution in [0.25, 0.3) is 0 Å². The van der Waals surface area contributed by atoms with E-state index in [0.717, 1.165) is 57.1 Å². The van der Waals surface area contributed by atoms with Gasteiger partial charge in [-0.1, -0.05) is 6.07 Å². The number of sulfone groups is 1. The molecule has 0 aromatic carbocycles. The molecule has 4 heterocycles. The topological polar surface area (TPSA) is 80.6 Å². The minimum atomic E-state index is -3.38. The van der Waals surface area contributed by atoms with Crippen LogP contribution in [-0.4, -0.2) is 73.0 Å². The average molecular weight is 406 g/mol. The summed E-state index contributed by atoms with van der Waals surface area (Å²) < 4.78 is 31.9. The Hall–Kier alpha value is -1.97. The minimum absolute atomic E-state index is 0.0643. The summed E-state index contributed by atoms with van der Waals surface area (Å²) in [6, 6.07) is 5.96. The fourth-order valence-electron chi connectivity index (χ4n) is 3.91. The van der Waals surface area contributed by atoms with Crippen LogP contribution in [0, 0.1) is 0 Å². The fraction of sp³-hybridized carbons (Fsp3) is 0.579. The molecule has 2 aliphatic rings. The van der Waals surface area contributed by atoms with E-state index in [-0.39, 0.29) is 11.3 Å². The maximum Gasteiger partial charge on any atom is 0.227 e. The SMILES string of the molecule is CS(=O)(=O)c1ncc(CN2CCN(c3ccccn3)CC2)n1C[C@H]1CCCO1. The van der Waals surface area contributed by atoms with Gasteiger partial charge in [-0.25, -0.2) is 18.4 Å². The van der Waals surface area contributed by atoms with Crippen molar-refractivity contribution in [3.8, 4) is 0 Å². The zero-order valence-electron chi connectivity index (χ0n) is 16.2. The smallest absolute Gasteiger partial charge is 0.227 e. The van der Waals surface area contributed by atoms with Gasteiger partial charge in [0.25, 0.3) is 0 Å². The molecule has 152 valence electrons. The maximum atomic E-state index is 12.2. The number of ether oxygens (including phenoxy) is 1. The van der Waals surface area contributed by atoms with Crippen molar-refractivity contribution in [2.45, 2.75) is 37.2 Å². The highest BCUT2D eigenvalue weighted by molar-refractivity contribution is 7.90. The maximum absolute atomic E-state index is 12.2. The fourth-order valence-corrected chi connectivity index (χ4v) is 4.74. The van der Waals surface area contributed by atoms with Gasteiger partial charge in [0.05, 0.1) is 24.5 Å². The first-order chi connectivity index (χ1) is 13.5. The molecule has 0 saturated carbocycles. The lowest BCUT2D eigenvalue weighted by molar-refractivity contribution is 0.0932. The summed E-state index contributed by atoms with van der Waals surface area (Å²) >= 11 is 0. The lowest BCUT2D eigenvalue weighted by Gasteiger charge is -2.35. The summed E-state index contributed by atoms with van der Waals surface area (Å²) in [5.41, 5.74) is 0.933. The van der Waals surface area contributed by atoms with Crippen LogP contribution in [0.5, 0.6) is 0 Å². The Morgan fingerprint density at radius 3 is 2.64 bits per heavy atom. The van der Waals surface area contributed by atoms with Crippen LogP contribution in [0.1, 0.15) is 18.5 Å². The molecule has 8 nitrogen and oxygen atoms in total. The molecule has 2 aliphatic heterocycles. The molecule has 2 fully saturated rings. The van der Waals surface area contributed by atoms with E-state index >= 15 is 0 Å². The Labute approximate surface area is 166 Å². The van der Waals surface area contributed by atoms with E-state index < -0.39 is 9.84 Å².